The minimum Gasteiger partial charge on any atom is -0.480 e. The Morgan fingerprint density at radius 2 is 0.762 bits per heavy atom. The number of aliphatic carboxylic acids is 1. The molecule has 6 aromatic rings. The fourth-order valence-electron chi connectivity index (χ4n) is 14.6. The minimum absolute atomic E-state index is 0.000136. The number of alkyl carbamates (subject to hydrolysis) is 2. The van der Waals surface area contributed by atoms with Gasteiger partial charge < -0.3 is 62.0 Å². The van der Waals surface area contributed by atoms with Gasteiger partial charge >= 0.3 is 18.2 Å². The Bertz CT molecular complexity index is 3950. The van der Waals surface area contributed by atoms with Crippen LogP contribution in [-0.2, 0) is 23.9 Å². The summed E-state index contributed by atoms with van der Waals surface area (Å²) in [5.41, 5.74) is 14.5. The highest BCUT2D eigenvalue weighted by Crippen LogP contribution is 2.39. The molecule has 3 aromatic heterocycles. The van der Waals surface area contributed by atoms with Crippen LogP contribution in [0.4, 0.5) is 53.0 Å². The summed E-state index contributed by atoms with van der Waals surface area (Å²) in [4.78, 5) is 84.9. The Morgan fingerprint density at radius 3 is 1.08 bits per heavy atom. The topological polar surface area (TPSA) is 282 Å². The number of amides is 4. The molecule has 0 radical (unpaired) electrons. The molecule has 23 nitrogen and oxygen atoms in total. The fraction of sp³-hybridized carbons (Fsp3) is 0.579. The van der Waals surface area contributed by atoms with Crippen molar-refractivity contribution in [3.05, 3.63) is 108 Å². The molecule has 574 valence electrons. The van der Waals surface area contributed by atoms with E-state index in [2.05, 4.69) is 76.6 Å². The SMILES string of the molecule is CC(C(=O)N[C@@H]1C[C@H](C)CN(c2ccc(C(F)F)c3ncccc23)C1)N1CC(N)C1.CC(C(=O)N[C@@H]1C[C@H](C)CN(c2ccc(C(F)F)c3ncccc23)C1)N1CC(NC(=O)OC(C)(C)C)C1.CC(C(=O)O)N1CC(NC(=O)OC(C)(C)C)C1.C[C@H]1C[C@@H](N)CN(c2ccc(C(F)F)c3ncccc23)C1. The predicted octanol–water partition coefficient (Wildman–Crippen LogP) is 10.6. The lowest BCUT2D eigenvalue weighted by molar-refractivity contribution is -0.144. The quantitative estimate of drug-likeness (QED) is 0.0443. The Labute approximate surface area is 610 Å². The summed E-state index contributed by atoms with van der Waals surface area (Å²) in [6, 6.07) is 19.6. The summed E-state index contributed by atoms with van der Waals surface area (Å²) in [5, 5.41) is 22.9. The van der Waals surface area contributed by atoms with E-state index in [-0.39, 0.29) is 76.8 Å². The maximum absolute atomic E-state index is 13.5. The molecule has 0 saturated carbocycles. The van der Waals surface area contributed by atoms with Gasteiger partial charge in [0.2, 0.25) is 11.8 Å². The number of hydrogen-bond donors (Lipinski definition) is 7. The maximum atomic E-state index is 13.5. The molecule has 0 aliphatic carbocycles. The number of alkyl halides is 6. The highest BCUT2D eigenvalue weighted by molar-refractivity contribution is 5.96. The zero-order valence-corrected chi connectivity index (χ0v) is 62.2. The molecular formula is C76H105F6N15O8. The van der Waals surface area contributed by atoms with Gasteiger partial charge in [-0.05, 0) is 172 Å². The average molecular weight is 1470 g/mol. The molecule has 3 aromatic carbocycles. The molecule has 6 aliphatic rings. The van der Waals surface area contributed by atoms with Crippen molar-refractivity contribution in [3.63, 3.8) is 0 Å². The molecule has 0 bridgehead atoms. The summed E-state index contributed by atoms with van der Waals surface area (Å²) >= 11 is 0. The fourth-order valence-corrected chi connectivity index (χ4v) is 14.6. The number of halogens is 6. The van der Waals surface area contributed by atoms with E-state index in [0.29, 0.717) is 79.0 Å². The molecule has 3 unspecified atom stereocenters. The highest BCUT2D eigenvalue weighted by Gasteiger charge is 2.39. The minimum atomic E-state index is -2.60. The Hall–Kier alpha value is -8.38. The van der Waals surface area contributed by atoms with E-state index < -0.39 is 54.7 Å². The summed E-state index contributed by atoms with van der Waals surface area (Å²) in [6.45, 7) is 30.9. The van der Waals surface area contributed by atoms with Crippen molar-refractivity contribution in [2.45, 2.75) is 187 Å². The van der Waals surface area contributed by atoms with Crippen LogP contribution in [0.5, 0.6) is 0 Å². The van der Waals surface area contributed by atoms with Gasteiger partial charge in [-0.3, -0.25) is 44.0 Å². The number of nitrogens with two attached hydrogens (primary N) is 2. The lowest BCUT2D eigenvalue weighted by Gasteiger charge is -2.43. The van der Waals surface area contributed by atoms with Gasteiger partial charge in [0, 0.05) is 171 Å². The van der Waals surface area contributed by atoms with Gasteiger partial charge in [-0.25, -0.2) is 35.9 Å². The summed E-state index contributed by atoms with van der Waals surface area (Å²) in [6.07, 6.45) is -1.22. The molecule has 0 spiro atoms. The molecule has 9 N–H and O–H groups in total. The zero-order valence-electron chi connectivity index (χ0n) is 62.2. The van der Waals surface area contributed by atoms with Crippen molar-refractivity contribution in [3.8, 4) is 0 Å². The molecule has 6 aliphatic heterocycles. The van der Waals surface area contributed by atoms with Crippen LogP contribution in [0, 0.1) is 17.8 Å². The second-order valence-electron chi connectivity index (χ2n) is 31.2. The smallest absolute Gasteiger partial charge is 0.407 e. The largest absolute Gasteiger partial charge is 0.480 e. The summed E-state index contributed by atoms with van der Waals surface area (Å²) in [7, 11) is 0. The lowest BCUT2D eigenvalue weighted by Crippen LogP contribution is -2.65. The summed E-state index contributed by atoms with van der Waals surface area (Å²) < 4.78 is 90.6. The third-order valence-corrected chi connectivity index (χ3v) is 19.7. The van der Waals surface area contributed by atoms with E-state index in [1.54, 1.807) is 81.4 Å². The van der Waals surface area contributed by atoms with Crippen molar-refractivity contribution in [1.82, 2.24) is 50.9 Å². The molecule has 12 rings (SSSR count). The standard InChI is InChI=1S/C27H37F2N5O3.C22H29F2N5O.C16H19F2N3.C11H20N2O4/c1-16-11-18(31-25(35)17(2)33-14-19(15-33)32-26(36)37-27(3,4)5)13-34(12-16)22-9-8-21(24(28)29)23-20(22)7-6-10-30-23;1-13-8-16(27-22(30)14(2)28-10-15(25)11-28)12-29(9-13)19-6-5-18(21(23)24)20-17(19)4-3-7-26-20;1-10-7-11(19)9-21(8-10)14-5-4-13(16(17)18)15-12(14)3-2-6-20-15;1-7(9(14)15)13-5-8(6-13)12-10(16)17-11(2,3)4/h6-10,16-19,24H,11-15H2,1-5H3,(H,31,35)(H,32,36);3-7,13-16,21H,8-12,25H2,1-2H3,(H,27,30);2-6,10-11,16H,7-9,19H2,1H3;7-8H,5-6H2,1-4H3,(H,12,16)(H,14,15)/t16-,17?,18+;13-,14?,16+;10-,11+;/m000./s1. The van der Waals surface area contributed by atoms with Gasteiger partial charge in [0.25, 0.3) is 19.3 Å². The van der Waals surface area contributed by atoms with Crippen LogP contribution in [0.25, 0.3) is 32.7 Å². The first kappa shape index (κ1) is 80.7. The number of benzene rings is 3. The molecule has 6 fully saturated rings. The number of anilines is 3. The van der Waals surface area contributed by atoms with Crippen molar-refractivity contribution >= 4 is 79.7 Å². The van der Waals surface area contributed by atoms with Crippen molar-refractivity contribution in [1.29, 1.82) is 0 Å². The second kappa shape index (κ2) is 34.9. The number of piperidine rings is 3. The number of aromatic nitrogens is 3. The maximum Gasteiger partial charge on any atom is 0.407 e. The molecular weight excluding hydrogens is 1360 g/mol. The number of hydrogen-bond acceptors (Lipinski definition) is 18. The number of rotatable bonds is 16. The molecule has 9 heterocycles. The van der Waals surface area contributed by atoms with Gasteiger partial charge in [0.15, 0.2) is 0 Å². The number of ether oxygens (including phenoxy) is 2. The van der Waals surface area contributed by atoms with E-state index >= 15 is 0 Å². The van der Waals surface area contributed by atoms with Gasteiger partial charge in [-0.2, -0.15) is 0 Å². The number of carbonyl (C=O) groups excluding carboxylic acids is 4. The average Bonchev–Trinajstić information content (AvgIpc) is 0.797. The molecule has 6 saturated heterocycles. The van der Waals surface area contributed by atoms with Gasteiger partial charge in [0.05, 0.1) is 40.7 Å². The van der Waals surface area contributed by atoms with Crippen molar-refractivity contribution in [2.75, 3.05) is 93.2 Å². The lowest BCUT2D eigenvalue weighted by atomic mass is 9.94. The van der Waals surface area contributed by atoms with Crippen LogP contribution in [0.15, 0.2) is 91.4 Å². The van der Waals surface area contributed by atoms with Crippen LogP contribution < -0.4 is 47.4 Å². The number of pyridine rings is 3. The summed E-state index contributed by atoms with van der Waals surface area (Å²) in [5.74, 6) is 0.270. The van der Waals surface area contributed by atoms with Gasteiger partial charge in [-0.1, -0.05) is 20.8 Å². The van der Waals surface area contributed by atoms with Crippen LogP contribution in [0.2, 0.25) is 0 Å². The third-order valence-electron chi connectivity index (χ3n) is 19.7. The van der Waals surface area contributed by atoms with Gasteiger partial charge in [0.1, 0.15) is 17.2 Å². The Kier molecular flexibility index (Phi) is 26.8. The molecule has 105 heavy (non-hydrogen) atoms. The first-order valence-corrected chi connectivity index (χ1v) is 36.3. The number of carboxylic acids is 1. The van der Waals surface area contributed by atoms with E-state index in [1.807, 2.05) is 57.7 Å². The van der Waals surface area contributed by atoms with Crippen molar-refractivity contribution < 1.29 is 64.9 Å². The number of carbonyl (C=O) groups is 5. The van der Waals surface area contributed by atoms with Crippen LogP contribution in [0.1, 0.15) is 138 Å². The van der Waals surface area contributed by atoms with Crippen LogP contribution >= 0.6 is 0 Å². The monoisotopic (exact) mass is 1470 g/mol. The second-order valence-corrected chi connectivity index (χ2v) is 31.2. The van der Waals surface area contributed by atoms with Crippen molar-refractivity contribution in [2.24, 2.45) is 29.2 Å². The van der Waals surface area contributed by atoms with Crippen LogP contribution in [-0.4, -0.2) is 209 Å². The first-order valence-electron chi connectivity index (χ1n) is 36.3. The number of nitrogens with zero attached hydrogens (tertiary/aromatic N) is 9. The molecule has 29 heteroatoms. The highest BCUT2D eigenvalue weighted by atomic mass is 19.3. The number of fused-ring (bicyclic) bond motifs is 3. The van der Waals surface area contributed by atoms with E-state index in [9.17, 15) is 50.3 Å². The number of carboxylic acid groups (broad SMARTS) is 1. The van der Waals surface area contributed by atoms with E-state index in [1.165, 1.54) is 24.4 Å². The Morgan fingerprint density at radius 1 is 0.438 bits per heavy atom. The molecule has 9 atom stereocenters. The Balaban J connectivity index is 0.000000169. The number of likely N-dealkylation sites (tertiary alicyclic amines) is 3. The molecule has 4 amide bonds. The van der Waals surface area contributed by atoms with Crippen LogP contribution in [0.3, 0.4) is 0 Å². The normalized spacial score (nSPS) is 22.4. The zero-order chi connectivity index (χ0) is 76.5. The third kappa shape index (κ3) is 21.5. The number of nitrogens with one attached hydrogen (secondary N) is 4. The van der Waals surface area contributed by atoms with E-state index in [4.69, 9.17) is 26.0 Å². The predicted molar refractivity (Wildman–Crippen MR) is 395 cm³/mol. The van der Waals surface area contributed by atoms with E-state index in [0.717, 1.165) is 86.4 Å². The van der Waals surface area contributed by atoms with Gasteiger partial charge in [-0.15, -0.1) is 0 Å². The first-order chi connectivity index (χ1) is 49.5.